The van der Waals surface area contributed by atoms with Gasteiger partial charge in [0.1, 0.15) is 23.3 Å². The van der Waals surface area contributed by atoms with Gasteiger partial charge in [-0.3, -0.25) is 4.79 Å². The van der Waals surface area contributed by atoms with Crippen LogP contribution < -0.4 is 10.6 Å². The number of carboxylic acids is 1. The molecule has 2 atom stereocenters. The molecule has 0 spiro atoms. The van der Waals surface area contributed by atoms with E-state index in [4.69, 9.17) is 11.6 Å². The van der Waals surface area contributed by atoms with Crippen LogP contribution in [-0.2, 0) is 17.6 Å². The molecule has 0 aliphatic carbocycles. The summed E-state index contributed by atoms with van der Waals surface area (Å²) in [5, 5.41) is 14.9. The summed E-state index contributed by atoms with van der Waals surface area (Å²) in [6.45, 7) is 2.06. The summed E-state index contributed by atoms with van der Waals surface area (Å²) < 4.78 is 29.4. The van der Waals surface area contributed by atoms with E-state index in [1.54, 1.807) is 0 Å². The molecule has 1 aromatic carbocycles. The Hall–Kier alpha value is -2.78. The minimum atomic E-state index is -1.39. The maximum Gasteiger partial charge on any atom is 0.326 e. The number of halogens is 3. The van der Waals surface area contributed by atoms with Crippen molar-refractivity contribution in [1.29, 1.82) is 0 Å². The number of likely N-dealkylation sites (tertiary alicyclic amines) is 1. The molecule has 4 rings (SSSR count). The fraction of sp³-hybridized carbons (Fsp3) is 0.500. The maximum atomic E-state index is 15.7. The third-order valence-electron chi connectivity index (χ3n) is 6.92. The number of aromatic nitrogens is 1. The largest absolute Gasteiger partial charge is 0.480 e. The molecule has 1 amide bonds. The van der Waals surface area contributed by atoms with Crippen molar-refractivity contribution in [2.75, 3.05) is 31.5 Å². The quantitative estimate of drug-likeness (QED) is 0.458. The van der Waals surface area contributed by atoms with Gasteiger partial charge in [0, 0.05) is 25.3 Å². The highest BCUT2D eigenvalue weighted by molar-refractivity contribution is 6.34. The zero-order chi connectivity index (χ0) is 25.7. The molecule has 2 aliphatic heterocycles. The lowest BCUT2D eigenvalue weighted by atomic mass is 9.89. The number of alkyl halides is 1. The molecular formula is C26H31ClF2N4O3. The van der Waals surface area contributed by atoms with Gasteiger partial charge in [0.2, 0.25) is 0 Å². The van der Waals surface area contributed by atoms with Crippen LogP contribution in [0.25, 0.3) is 0 Å². The number of piperidine rings is 1. The number of aryl methyl sites for hydroxylation is 2. The fourth-order valence-corrected chi connectivity index (χ4v) is 5.13. The Bertz CT molecular complexity index is 1120. The van der Waals surface area contributed by atoms with Gasteiger partial charge in [0.15, 0.2) is 0 Å². The van der Waals surface area contributed by atoms with Gasteiger partial charge >= 0.3 is 5.97 Å². The van der Waals surface area contributed by atoms with Crippen molar-refractivity contribution in [2.45, 2.75) is 56.7 Å². The molecule has 2 aromatic rings. The van der Waals surface area contributed by atoms with Crippen LogP contribution in [0.3, 0.4) is 0 Å². The van der Waals surface area contributed by atoms with Gasteiger partial charge in [-0.25, -0.2) is 18.6 Å². The number of amides is 1. The monoisotopic (exact) mass is 520 g/mol. The first-order valence-electron chi connectivity index (χ1n) is 12.4. The van der Waals surface area contributed by atoms with Crippen LogP contribution in [0, 0.1) is 5.82 Å². The minimum Gasteiger partial charge on any atom is -0.480 e. The lowest BCUT2D eigenvalue weighted by molar-refractivity contribution is -0.139. The Balaban J connectivity index is 1.31. The average molecular weight is 521 g/mol. The van der Waals surface area contributed by atoms with E-state index in [0.29, 0.717) is 38.8 Å². The van der Waals surface area contributed by atoms with Gasteiger partial charge in [-0.15, -0.1) is 0 Å². The minimum absolute atomic E-state index is 0.0855. The van der Waals surface area contributed by atoms with Crippen molar-refractivity contribution in [1.82, 2.24) is 15.2 Å². The molecule has 7 nitrogen and oxygen atoms in total. The summed E-state index contributed by atoms with van der Waals surface area (Å²) in [6, 6.07) is 6.61. The van der Waals surface area contributed by atoms with E-state index in [-0.39, 0.29) is 23.6 Å². The van der Waals surface area contributed by atoms with E-state index < -0.39 is 29.4 Å². The molecule has 36 heavy (non-hydrogen) atoms. The van der Waals surface area contributed by atoms with Crippen molar-refractivity contribution >= 4 is 29.3 Å². The van der Waals surface area contributed by atoms with Crippen molar-refractivity contribution < 1.29 is 23.5 Å². The number of nitrogens with zero attached hydrogens (tertiary/aromatic N) is 2. The number of rotatable bonds is 9. The molecule has 0 bridgehead atoms. The number of benzene rings is 1. The normalized spacial score (nSPS) is 20.8. The molecule has 2 aliphatic rings. The Kier molecular flexibility index (Phi) is 8.41. The molecule has 1 fully saturated rings. The average Bonchev–Trinajstić information content (AvgIpc) is 2.86. The molecule has 1 aromatic heterocycles. The number of nitrogens with one attached hydrogen (secondary N) is 2. The molecular weight excluding hydrogens is 490 g/mol. The number of aliphatic carboxylic acids is 1. The number of hydrogen-bond acceptors (Lipinski definition) is 5. The molecule has 3 N–H and O–H groups in total. The molecule has 0 saturated carbocycles. The molecule has 1 saturated heterocycles. The van der Waals surface area contributed by atoms with Gasteiger partial charge in [-0.2, -0.15) is 0 Å². The van der Waals surface area contributed by atoms with Crippen LogP contribution in [0.4, 0.5) is 14.6 Å². The summed E-state index contributed by atoms with van der Waals surface area (Å²) in [5.74, 6) is -1.84. The molecule has 3 heterocycles. The Morgan fingerprint density at radius 2 is 2.11 bits per heavy atom. The second kappa shape index (κ2) is 11.5. The van der Waals surface area contributed by atoms with Gasteiger partial charge in [-0.05, 0) is 75.3 Å². The number of fused-ring (bicyclic) bond motifs is 1. The second-order valence-electron chi connectivity index (χ2n) is 9.63. The SMILES string of the molecule is O=C(NC(CCN1CCCC(F)(CCc2ccc3c(n2)NCCC3)C1)C(=O)O)c1cccc(F)c1Cl. The molecule has 194 valence electrons. The van der Waals surface area contributed by atoms with Crippen LogP contribution in [0.15, 0.2) is 30.3 Å². The predicted octanol–water partition coefficient (Wildman–Crippen LogP) is 4.24. The first kappa shape index (κ1) is 26.3. The van der Waals surface area contributed by atoms with Crippen molar-refractivity contribution in [3.05, 3.63) is 58.0 Å². The molecule has 10 heteroatoms. The first-order valence-corrected chi connectivity index (χ1v) is 12.7. The number of carbonyl (C=O) groups is 2. The van der Waals surface area contributed by atoms with E-state index in [1.165, 1.54) is 17.7 Å². The van der Waals surface area contributed by atoms with Crippen LogP contribution >= 0.6 is 11.6 Å². The van der Waals surface area contributed by atoms with E-state index in [9.17, 15) is 19.1 Å². The van der Waals surface area contributed by atoms with E-state index in [0.717, 1.165) is 37.0 Å². The predicted molar refractivity (Wildman–Crippen MR) is 134 cm³/mol. The highest BCUT2D eigenvalue weighted by Crippen LogP contribution is 2.31. The van der Waals surface area contributed by atoms with Crippen LogP contribution in [0.5, 0.6) is 0 Å². The summed E-state index contributed by atoms with van der Waals surface area (Å²) in [5.41, 5.74) is 0.542. The third-order valence-corrected chi connectivity index (χ3v) is 7.30. The van der Waals surface area contributed by atoms with Gasteiger partial charge < -0.3 is 20.6 Å². The third kappa shape index (κ3) is 6.50. The van der Waals surface area contributed by atoms with Gasteiger partial charge in [0.25, 0.3) is 5.91 Å². The fourth-order valence-electron chi connectivity index (χ4n) is 4.92. The maximum absolute atomic E-state index is 15.7. The summed E-state index contributed by atoms with van der Waals surface area (Å²) in [4.78, 5) is 30.8. The molecule has 0 radical (unpaired) electrons. The van der Waals surface area contributed by atoms with Gasteiger partial charge in [0.05, 0.1) is 10.6 Å². The highest BCUT2D eigenvalue weighted by Gasteiger charge is 2.36. The highest BCUT2D eigenvalue weighted by atomic mass is 35.5. The van der Waals surface area contributed by atoms with Crippen molar-refractivity contribution in [3.8, 4) is 0 Å². The summed E-state index contributed by atoms with van der Waals surface area (Å²) in [7, 11) is 0. The second-order valence-corrected chi connectivity index (χ2v) is 10.0. The Morgan fingerprint density at radius 1 is 1.28 bits per heavy atom. The number of anilines is 1. The molecule has 2 unspecified atom stereocenters. The number of hydrogen-bond donors (Lipinski definition) is 3. The zero-order valence-corrected chi connectivity index (χ0v) is 20.8. The number of carboxylic acid groups (broad SMARTS) is 1. The lowest BCUT2D eigenvalue weighted by Gasteiger charge is -2.38. The van der Waals surface area contributed by atoms with Crippen molar-refractivity contribution in [3.63, 3.8) is 0 Å². The van der Waals surface area contributed by atoms with Crippen molar-refractivity contribution in [2.24, 2.45) is 0 Å². The van der Waals surface area contributed by atoms with E-state index in [1.807, 2.05) is 11.0 Å². The van der Waals surface area contributed by atoms with E-state index >= 15 is 4.39 Å². The zero-order valence-electron chi connectivity index (χ0n) is 20.0. The Labute approximate surface area is 214 Å². The van der Waals surface area contributed by atoms with Crippen LogP contribution in [0.2, 0.25) is 5.02 Å². The van der Waals surface area contributed by atoms with E-state index in [2.05, 4.69) is 21.7 Å². The number of pyridine rings is 1. The summed E-state index contributed by atoms with van der Waals surface area (Å²) in [6.07, 6.45) is 4.16. The smallest absolute Gasteiger partial charge is 0.326 e. The summed E-state index contributed by atoms with van der Waals surface area (Å²) >= 11 is 5.85. The van der Waals surface area contributed by atoms with Crippen LogP contribution in [0.1, 0.15) is 53.7 Å². The first-order chi connectivity index (χ1) is 17.2. The van der Waals surface area contributed by atoms with Crippen LogP contribution in [-0.4, -0.2) is 64.8 Å². The van der Waals surface area contributed by atoms with Gasteiger partial charge in [-0.1, -0.05) is 23.7 Å². The Morgan fingerprint density at radius 3 is 2.92 bits per heavy atom. The topological polar surface area (TPSA) is 94.6 Å². The lowest BCUT2D eigenvalue weighted by Crippen LogP contribution is -2.48. The standard InChI is InChI=1S/C26H31ClF2N4O3/c27-22-19(5-1-6-20(22)28)24(34)32-21(25(35)36)10-15-33-14-3-11-26(29,16-33)12-9-18-8-7-17-4-2-13-30-23(17)31-18/h1,5-8,21H,2-4,9-16H2,(H,30,31)(H,32,34)(H,35,36). The number of carbonyl (C=O) groups excluding carboxylic acids is 1.